The van der Waals surface area contributed by atoms with Crippen LogP contribution in [0.2, 0.25) is 0 Å². The smallest absolute Gasteiger partial charge is 0.123 e. The van der Waals surface area contributed by atoms with Crippen LogP contribution in [-0.4, -0.2) is 24.5 Å². The molecule has 2 aromatic carbocycles. The molecule has 0 aliphatic rings. The topological polar surface area (TPSA) is 3.24 Å². The number of benzene rings is 2. The van der Waals surface area contributed by atoms with E-state index in [1.165, 1.54) is 49.9 Å². The third-order valence-corrected chi connectivity index (χ3v) is 4.76. The van der Waals surface area contributed by atoms with Crippen LogP contribution in [0, 0.1) is 11.6 Å². The summed E-state index contributed by atoms with van der Waals surface area (Å²) in [6.45, 7) is 7.71. The Morgan fingerprint density at radius 3 is 1.59 bits per heavy atom. The molecule has 2 rings (SSSR count). The SMILES string of the molecule is CCCCN(CCC=C(c1ccc(F)cc1)c1ccc(F)cc1)CCCC. The molecule has 0 spiro atoms. The zero-order valence-electron chi connectivity index (χ0n) is 16.6. The molecule has 0 aliphatic carbocycles. The van der Waals surface area contributed by atoms with E-state index in [-0.39, 0.29) is 11.6 Å². The second kappa shape index (κ2) is 11.7. The van der Waals surface area contributed by atoms with Gasteiger partial charge < -0.3 is 4.90 Å². The highest BCUT2D eigenvalue weighted by Crippen LogP contribution is 2.24. The Hall–Kier alpha value is -2.00. The second-order valence-electron chi connectivity index (χ2n) is 6.97. The first kappa shape index (κ1) is 21.3. The highest BCUT2D eigenvalue weighted by atomic mass is 19.1. The third-order valence-electron chi connectivity index (χ3n) is 4.76. The van der Waals surface area contributed by atoms with Gasteiger partial charge in [0.1, 0.15) is 11.6 Å². The van der Waals surface area contributed by atoms with Crippen molar-refractivity contribution in [2.45, 2.75) is 46.0 Å². The highest BCUT2D eigenvalue weighted by molar-refractivity contribution is 5.79. The molecule has 0 aromatic heterocycles. The van der Waals surface area contributed by atoms with E-state index in [1.807, 2.05) is 0 Å². The molecule has 0 saturated heterocycles. The van der Waals surface area contributed by atoms with Gasteiger partial charge in [-0.1, -0.05) is 57.0 Å². The molecule has 1 nitrogen and oxygen atoms in total. The van der Waals surface area contributed by atoms with E-state index in [0.717, 1.165) is 42.8 Å². The van der Waals surface area contributed by atoms with E-state index in [9.17, 15) is 8.78 Å². The van der Waals surface area contributed by atoms with Crippen LogP contribution < -0.4 is 0 Å². The fourth-order valence-electron chi connectivity index (χ4n) is 3.15. The van der Waals surface area contributed by atoms with E-state index < -0.39 is 0 Å². The van der Waals surface area contributed by atoms with Crippen molar-refractivity contribution in [1.82, 2.24) is 4.90 Å². The molecule has 27 heavy (non-hydrogen) atoms. The largest absolute Gasteiger partial charge is 0.303 e. The molecule has 0 heterocycles. The standard InChI is InChI=1S/C24H31F2N/c1-3-5-17-27(18-6-4-2)19-7-8-24(20-9-13-22(25)14-10-20)21-11-15-23(26)16-12-21/h8-16H,3-7,17-19H2,1-2H3. The Morgan fingerprint density at radius 1 is 0.741 bits per heavy atom. The number of hydrogen-bond donors (Lipinski definition) is 0. The van der Waals surface area contributed by atoms with Gasteiger partial charge in [0.2, 0.25) is 0 Å². The Bertz CT molecular complexity index is 634. The van der Waals surface area contributed by atoms with Crippen molar-refractivity contribution in [3.63, 3.8) is 0 Å². The van der Waals surface area contributed by atoms with Gasteiger partial charge in [-0.15, -0.1) is 0 Å². The van der Waals surface area contributed by atoms with Crippen LogP contribution in [0.15, 0.2) is 54.6 Å². The first-order chi connectivity index (χ1) is 13.1. The minimum absolute atomic E-state index is 0.248. The van der Waals surface area contributed by atoms with Crippen LogP contribution in [0.4, 0.5) is 8.78 Å². The van der Waals surface area contributed by atoms with Crippen LogP contribution in [0.25, 0.3) is 5.57 Å². The minimum atomic E-state index is -0.248. The molecular formula is C24H31F2N. The normalized spacial score (nSPS) is 11.0. The van der Waals surface area contributed by atoms with Gasteiger partial charge in [-0.2, -0.15) is 0 Å². The molecule has 2 aromatic rings. The summed E-state index contributed by atoms with van der Waals surface area (Å²) in [5, 5.41) is 0. The van der Waals surface area contributed by atoms with Crippen LogP contribution in [-0.2, 0) is 0 Å². The van der Waals surface area contributed by atoms with Crippen molar-refractivity contribution in [2.75, 3.05) is 19.6 Å². The number of nitrogens with zero attached hydrogens (tertiary/aromatic N) is 1. The average molecular weight is 372 g/mol. The Labute approximate surface area is 162 Å². The van der Waals surface area contributed by atoms with Crippen LogP contribution in [0.3, 0.4) is 0 Å². The van der Waals surface area contributed by atoms with Crippen molar-refractivity contribution in [2.24, 2.45) is 0 Å². The first-order valence-electron chi connectivity index (χ1n) is 10.1. The maximum absolute atomic E-state index is 13.3. The quantitative estimate of drug-likeness (QED) is 0.425. The summed E-state index contributed by atoms with van der Waals surface area (Å²) in [4.78, 5) is 2.52. The van der Waals surface area contributed by atoms with Gasteiger partial charge in [-0.3, -0.25) is 0 Å². The van der Waals surface area contributed by atoms with Crippen LogP contribution in [0.1, 0.15) is 57.1 Å². The first-order valence-corrected chi connectivity index (χ1v) is 10.1. The lowest BCUT2D eigenvalue weighted by molar-refractivity contribution is 0.270. The minimum Gasteiger partial charge on any atom is -0.303 e. The van der Waals surface area contributed by atoms with Gasteiger partial charge in [0.05, 0.1) is 0 Å². The van der Waals surface area contributed by atoms with Gasteiger partial charge in [0, 0.05) is 6.54 Å². The predicted molar refractivity (Wildman–Crippen MR) is 111 cm³/mol. The van der Waals surface area contributed by atoms with E-state index in [1.54, 1.807) is 24.3 Å². The Balaban J connectivity index is 2.16. The van der Waals surface area contributed by atoms with Crippen molar-refractivity contribution < 1.29 is 8.78 Å². The number of hydrogen-bond acceptors (Lipinski definition) is 1. The summed E-state index contributed by atoms with van der Waals surface area (Å²) in [5.74, 6) is -0.495. The van der Waals surface area contributed by atoms with Crippen LogP contribution >= 0.6 is 0 Å². The van der Waals surface area contributed by atoms with Gasteiger partial charge in [0.25, 0.3) is 0 Å². The molecule has 3 heteroatoms. The molecule has 0 unspecified atom stereocenters. The van der Waals surface area contributed by atoms with Crippen LogP contribution in [0.5, 0.6) is 0 Å². The zero-order valence-corrected chi connectivity index (χ0v) is 16.6. The maximum Gasteiger partial charge on any atom is 0.123 e. The molecule has 0 atom stereocenters. The van der Waals surface area contributed by atoms with Crippen molar-refractivity contribution >= 4 is 5.57 Å². The highest BCUT2D eigenvalue weighted by Gasteiger charge is 2.08. The molecule has 0 bridgehead atoms. The van der Waals surface area contributed by atoms with Crippen molar-refractivity contribution in [1.29, 1.82) is 0 Å². The molecule has 0 fully saturated rings. The van der Waals surface area contributed by atoms with Crippen molar-refractivity contribution in [3.05, 3.63) is 77.4 Å². The van der Waals surface area contributed by atoms with E-state index in [0.29, 0.717) is 0 Å². The molecule has 0 N–H and O–H groups in total. The molecular weight excluding hydrogens is 340 g/mol. The van der Waals surface area contributed by atoms with Gasteiger partial charge in [0.15, 0.2) is 0 Å². The third kappa shape index (κ3) is 7.26. The van der Waals surface area contributed by atoms with Gasteiger partial charge >= 0.3 is 0 Å². The second-order valence-corrected chi connectivity index (χ2v) is 6.97. The summed E-state index contributed by atoms with van der Waals surface area (Å²) in [7, 11) is 0. The van der Waals surface area contributed by atoms with Gasteiger partial charge in [-0.25, -0.2) is 8.78 Å². The number of halogens is 2. The lowest BCUT2D eigenvalue weighted by Gasteiger charge is -2.21. The van der Waals surface area contributed by atoms with E-state index in [4.69, 9.17) is 0 Å². The lowest BCUT2D eigenvalue weighted by Crippen LogP contribution is -2.27. The summed E-state index contributed by atoms with van der Waals surface area (Å²) in [6.07, 6.45) is 7.96. The molecule has 0 amide bonds. The lowest BCUT2D eigenvalue weighted by atomic mass is 9.96. The van der Waals surface area contributed by atoms with Crippen molar-refractivity contribution in [3.8, 4) is 0 Å². The summed E-state index contributed by atoms with van der Waals surface area (Å²) < 4.78 is 26.6. The molecule has 0 aliphatic heterocycles. The van der Waals surface area contributed by atoms with E-state index >= 15 is 0 Å². The Kier molecular flexibility index (Phi) is 9.20. The number of unbranched alkanes of at least 4 members (excludes halogenated alkanes) is 2. The predicted octanol–water partition coefficient (Wildman–Crippen LogP) is 6.69. The van der Waals surface area contributed by atoms with Gasteiger partial charge in [-0.05, 0) is 73.3 Å². The number of rotatable bonds is 11. The summed E-state index contributed by atoms with van der Waals surface area (Å²) >= 11 is 0. The molecule has 0 saturated carbocycles. The molecule has 0 radical (unpaired) electrons. The molecule has 146 valence electrons. The fraction of sp³-hybridized carbons (Fsp3) is 0.417. The summed E-state index contributed by atoms with van der Waals surface area (Å²) in [5.41, 5.74) is 2.94. The summed E-state index contributed by atoms with van der Waals surface area (Å²) in [6, 6.07) is 13.0. The monoisotopic (exact) mass is 371 g/mol. The average Bonchev–Trinajstić information content (AvgIpc) is 2.68. The van der Waals surface area contributed by atoms with E-state index in [2.05, 4.69) is 24.8 Å². The maximum atomic E-state index is 13.3. The zero-order chi connectivity index (χ0) is 19.5. The fourth-order valence-corrected chi connectivity index (χ4v) is 3.15. The Morgan fingerprint density at radius 2 is 1.19 bits per heavy atom.